The van der Waals surface area contributed by atoms with Gasteiger partial charge in [0.15, 0.2) is 5.82 Å². The maximum atomic E-state index is 11.2. The SMILES string of the molecule is C[C@@H](OC[C@@H](CNC(C)(C)CC1Cc2ccccc2C1)OC=O)c1ccccc1CCc1nn[nH]n1. The van der Waals surface area contributed by atoms with E-state index >= 15 is 0 Å². The summed E-state index contributed by atoms with van der Waals surface area (Å²) >= 11 is 0. The zero-order chi connectivity index (χ0) is 25.4. The summed E-state index contributed by atoms with van der Waals surface area (Å²) in [6.07, 6.45) is 4.29. The van der Waals surface area contributed by atoms with Crippen LogP contribution in [-0.4, -0.2) is 51.9 Å². The van der Waals surface area contributed by atoms with Gasteiger partial charge in [0.05, 0.1) is 12.7 Å². The molecule has 2 N–H and O–H groups in total. The molecule has 0 amide bonds. The van der Waals surface area contributed by atoms with E-state index < -0.39 is 0 Å². The van der Waals surface area contributed by atoms with Crippen molar-refractivity contribution < 1.29 is 14.3 Å². The van der Waals surface area contributed by atoms with E-state index in [1.807, 2.05) is 19.1 Å². The molecule has 0 unspecified atom stereocenters. The second-order valence-electron chi connectivity index (χ2n) is 10.4. The van der Waals surface area contributed by atoms with Crippen LogP contribution in [0.2, 0.25) is 0 Å². The highest BCUT2D eigenvalue weighted by Crippen LogP contribution is 2.32. The highest BCUT2D eigenvalue weighted by atomic mass is 16.6. The number of aromatic nitrogens is 4. The van der Waals surface area contributed by atoms with Crippen molar-refractivity contribution in [1.29, 1.82) is 0 Å². The lowest BCUT2D eigenvalue weighted by atomic mass is 9.88. The summed E-state index contributed by atoms with van der Waals surface area (Å²) in [6.45, 7) is 7.84. The highest BCUT2D eigenvalue weighted by molar-refractivity contribution is 5.37. The van der Waals surface area contributed by atoms with Crippen LogP contribution in [0.15, 0.2) is 48.5 Å². The number of rotatable bonds is 14. The predicted molar refractivity (Wildman–Crippen MR) is 137 cm³/mol. The Labute approximate surface area is 213 Å². The lowest BCUT2D eigenvalue weighted by Crippen LogP contribution is -2.46. The Morgan fingerprint density at radius 1 is 1.11 bits per heavy atom. The fourth-order valence-electron chi connectivity index (χ4n) is 5.24. The molecule has 0 aliphatic heterocycles. The van der Waals surface area contributed by atoms with Gasteiger partial charge >= 0.3 is 0 Å². The van der Waals surface area contributed by atoms with E-state index in [0.717, 1.165) is 31.2 Å². The average molecular weight is 492 g/mol. The average Bonchev–Trinajstić information content (AvgIpc) is 3.53. The third-order valence-corrected chi connectivity index (χ3v) is 7.02. The number of carbonyl (C=O) groups is 1. The second kappa shape index (κ2) is 12.2. The number of nitrogens with one attached hydrogen (secondary N) is 2. The van der Waals surface area contributed by atoms with Crippen LogP contribution in [-0.2, 0) is 40.0 Å². The van der Waals surface area contributed by atoms with Crippen molar-refractivity contribution in [2.75, 3.05) is 13.2 Å². The maximum absolute atomic E-state index is 11.2. The first-order valence-corrected chi connectivity index (χ1v) is 12.8. The molecule has 0 radical (unpaired) electrons. The summed E-state index contributed by atoms with van der Waals surface area (Å²) in [6, 6.07) is 16.9. The third kappa shape index (κ3) is 7.21. The Balaban J connectivity index is 1.27. The van der Waals surface area contributed by atoms with E-state index in [0.29, 0.717) is 37.8 Å². The number of hydrogen-bond acceptors (Lipinski definition) is 7. The Bertz CT molecular complexity index is 1080. The molecule has 1 aliphatic rings. The molecule has 0 bridgehead atoms. The number of nitrogens with zero attached hydrogens (tertiary/aromatic N) is 3. The number of carbonyl (C=O) groups excluding carboxylic acids is 1. The van der Waals surface area contributed by atoms with Crippen LogP contribution in [0.5, 0.6) is 0 Å². The van der Waals surface area contributed by atoms with Crippen molar-refractivity contribution in [2.45, 2.75) is 70.6 Å². The summed E-state index contributed by atoms with van der Waals surface area (Å²) in [5.41, 5.74) is 5.16. The van der Waals surface area contributed by atoms with E-state index in [9.17, 15) is 4.79 Å². The number of aryl methyl sites for hydroxylation is 2. The number of ether oxygens (including phenoxy) is 2. The minimum Gasteiger partial charge on any atom is -0.461 e. The van der Waals surface area contributed by atoms with Gasteiger partial charge in [0.2, 0.25) is 0 Å². The van der Waals surface area contributed by atoms with Gasteiger partial charge < -0.3 is 14.8 Å². The molecule has 2 atom stereocenters. The van der Waals surface area contributed by atoms with Crippen molar-refractivity contribution in [3.05, 3.63) is 76.6 Å². The molecule has 1 heterocycles. The van der Waals surface area contributed by atoms with Crippen LogP contribution in [0.25, 0.3) is 0 Å². The second-order valence-corrected chi connectivity index (χ2v) is 10.4. The number of aromatic amines is 1. The Morgan fingerprint density at radius 3 is 2.53 bits per heavy atom. The van der Waals surface area contributed by atoms with Crippen molar-refractivity contribution in [1.82, 2.24) is 25.9 Å². The van der Waals surface area contributed by atoms with E-state index in [1.54, 1.807) is 0 Å². The van der Waals surface area contributed by atoms with Crippen molar-refractivity contribution in [3.63, 3.8) is 0 Å². The van der Waals surface area contributed by atoms with E-state index in [-0.39, 0.29) is 17.7 Å². The number of benzene rings is 2. The predicted octanol–water partition coefficient (Wildman–Crippen LogP) is 3.78. The Morgan fingerprint density at radius 2 is 1.83 bits per heavy atom. The van der Waals surface area contributed by atoms with Crippen LogP contribution < -0.4 is 5.32 Å². The fourth-order valence-corrected chi connectivity index (χ4v) is 5.24. The number of H-pyrrole nitrogens is 1. The molecule has 4 rings (SSSR count). The van der Waals surface area contributed by atoms with Gasteiger partial charge in [-0.2, -0.15) is 5.21 Å². The summed E-state index contributed by atoms with van der Waals surface area (Å²) in [5, 5.41) is 17.8. The topological polar surface area (TPSA) is 102 Å². The van der Waals surface area contributed by atoms with Crippen molar-refractivity contribution >= 4 is 6.47 Å². The first-order chi connectivity index (χ1) is 17.4. The summed E-state index contributed by atoms with van der Waals surface area (Å²) in [7, 11) is 0. The Kier molecular flexibility index (Phi) is 8.83. The molecule has 8 heteroatoms. The smallest absolute Gasteiger partial charge is 0.293 e. The number of hydrogen-bond donors (Lipinski definition) is 2. The molecule has 192 valence electrons. The normalized spacial score (nSPS) is 15.4. The fraction of sp³-hybridized carbons (Fsp3) is 0.500. The van der Waals surface area contributed by atoms with Gasteiger partial charge in [-0.1, -0.05) is 53.7 Å². The van der Waals surface area contributed by atoms with Crippen LogP contribution in [0.4, 0.5) is 0 Å². The standard InChI is InChI=1S/C28H37N5O3/c1-20(26-11-7-6-8-22(26)12-13-27-30-32-33-31-27)35-18-25(36-19-34)17-29-28(2,3)16-21-14-23-9-4-5-10-24(23)15-21/h4-11,19-21,25,29H,12-18H2,1-3H3,(H,30,31,32,33)/t20-,25-/m1/s1. The Hall–Kier alpha value is -3.10. The molecule has 1 aromatic heterocycles. The molecule has 8 nitrogen and oxygen atoms in total. The minimum absolute atomic E-state index is 0.0788. The summed E-state index contributed by atoms with van der Waals surface area (Å²) < 4.78 is 11.6. The lowest BCUT2D eigenvalue weighted by molar-refractivity contribution is -0.137. The van der Waals surface area contributed by atoms with Gasteiger partial charge in [-0.15, -0.1) is 10.2 Å². The quantitative estimate of drug-likeness (QED) is 0.331. The number of tetrazole rings is 1. The van der Waals surface area contributed by atoms with Gasteiger partial charge in [-0.3, -0.25) is 4.79 Å². The van der Waals surface area contributed by atoms with E-state index in [2.05, 4.69) is 76.2 Å². The molecule has 0 fully saturated rings. The molecular weight excluding hydrogens is 454 g/mol. The molecular formula is C28H37N5O3. The zero-order valence-corrected chi connectivity index (χ0v) is 21.4. The largest absolute Gasteiger partial charge is 0.461 e. The minimum atomic E-state index is -0.364. The first kappa shape index (κ1) is 26.0. The van der Waals surface area contributed by atoms with Gasteiger partial charge in [-0.25, -0.2) is 0 Å². The third-order valence-electron chi connectivity index (χ3n) is 7.02. The molecule has 3 aromatic rings. The molecule has 1 aliphatic carbocycles. The van der Waals surface area contributed by atoms with Crippen LogP contribution in [0, 0.1) is 5.92 Å². The van der Waals surface area contributed by atoms with Crippen molar-refractivity contribution in [2.24, 2.45) is 5.92 Å². The molecule has 0 saturated carbocycles. The van der Waals surface area contributed by atoms with Crippen molar-refractivity contribution in [3.8, 4) is 0 Å². The molecule has 0 spiro atoms. The van der Waals surface area contributed by atoms with E-state index in [4.69, 9.17) is 9.47 Å². The zero-order valence-electron chi connectivity index (χ0n) is 21.4. The van der Waals surface area contributed by atoms with E-state index in [1.165, 1.54) is 16.7 Å². The van der Waals surface area contributed by atoms with Gasteiger partial charge in [0.1, 0.15) is 6.10 Å². The van der Waals surface area contributed by atoms with Crippen LogP contribution in [0.3, 0.4) is 0 Å². The first-order valence-electron chi connectivity index (χ1n) is 12.8. The summed E-state index contributed by atoms with van der Waals surface area (Å²) in [4.78, 5) is 11.2. The molecule has 0 saturated heterocycles. The molecule has 36 heavy (non-hydrogen) atoms. The lowest BCUT2D eigenvalue weighted by Gasteiger charge is -2.31. The van der Waals surface area contributed by atoms with Gasteiger partial charge in [0.25, 0.3) is 6.47 Å². The number of fused-ring (bicyclic) bond motifs is 1. The van der Waals surface area contributed by atoms with Gasteiger partial charge in [0, 0.05) is 18.5 Å². The monoisotopic (exact) mass is 491 g/mol. The van der Waals surface area contributed by atoms with Crippen LogP contribution in [0.1, 0.15) is 61.4 Å². The van der Waals surface area contributed by atoms with Gasteiger partial charge in [-0.05, 0) is 74.6 Å². The van der Waals surface area contributed by atoms with Crippen LogP contribution >= 0.6 is 0 Å². The maximum Gasteiger partial charge on any atom is 0.293 e. The summed E-state index contributed by atoms with van der Waals surface area (Å²) in [5.74, 6) is 1.31. The highest BCUT2D eigenvalue weighted by Gasteiger charge is 2.29. The molecule has 2 aromatic carbocycles.